The summed E-state index contributed by atoms with van der Waals surface area (Å²) in [6, 6.07) is 0.544. The zero-order chi connectivity index (χ0) is 14.6. The van der Waals surface area contributed by atoms with Crippen LogP contribution in [0.4, 0.5) is 0 Å². The molecule has 1 heterocycles. The number of rotatable bonds is 6. The molecule has 0 spiro atoms. The second-order valence-electron chi connectivity index (χ2n) is 7.04. The molecule has 0 fully saturated rings. The van der Waals surface area contributed by atoms with Crippen molar-refractivity contribution in [2.75, 3.05) is 7.05 Å². The van der Waals surface area contributed by atoms with E-state index in [1.165, 1.54) is 28.4 Å². The lowest BCUT2D eigenvalue weighted by Crippen LogP contribution is -2.30. The van der Waals surface area contributed by atoms with Gasteiger partial charge in [0.1, 0.15) is 0 Å². The zero-order valence-electron chi connectivity index (χ0n) is 13.6. The molecule has 0 bridgehead atoms. The van der Waals surface area contributed by atoms with E-state index in [1.54, 1.807) is 0 Å². The van der Waals surface area contributed by atoms with Crippen molar-refractivity contribution in [1.29, 1.82) is 0 Å². The van der Waals surface area contributed by atoms with E-state index >= 15 is 0 Å². The number of nitrogens with zero attached hydrogens (tertiary/aromatic N) is 1. The quantitative estimate of drug-likeness (QED) is 0.839. The first kappa shape index (κ1) is 16.6. The molecule has 1 aromatic rings. The number of hydrogen-bond donors (Lipinski definition) is 1. The number of nitrogens with one attached hydrogen (secondary N) is 1. The molecule has 110 valence electrons. The number of aromatic nitrogens is 1. The van der Waals surface area contributed by atoms with Crippen LogP contribution in [0.2, 0.25) is 0 Å². The third-order valence-corrected chi connectivity index (χ3v) is 4.64. The Morgan fingerprint density at radius 3 is 2.32 bits per heavy atom. The van der Waals surface area contributed by atoms with Gasteiger partial charge in [-0.1, -0.05) is 27.7 Å². The SMILES string of the molecule is CNC(Cc1nc(C)c(C)s1)CC(C)CC(C)(C)C. The average molecular weight is 282 g/mol. The van der Waals surface area contributed by atoms with Gasteiger partial charge in [-0.3, -0.25) is 0 Å². The third kappa shape index (κ3) is 6.05. The highest BCUT2D eigenvalue weighted by molar-refractivity contribution is 7.11. The first-order chi connectivity index (χ1) is 8.71. The number of likely N-dealkylation sites (N-methyl/N-ethyl adjacent to an activating group) is 1. The molecule has 1 rings (SSSR count). The topological polar surface area (TPSA) is 24.9 Å². The smallest absolute Gasteiger partial charge is 0.0946 e. The van der Waals surface area contributed by atoms with E-state index in [-0.39, 0.29) is 0 Å². The van der Waals surface area contributed by atoms with E-state index in [9.17, 15) is 0 Å². The fraction of sp³-hybridized carbons (Fsp3) is 0.812. The summed E-state index contributed by atoms with van der Waals surface area (Å²) in [6.07, 6.45) is 3.57. The fourth-order valence-corrected chi connectivity index (χ4v) is 3.77. The van der Waals surface area contributed by atoms with E-state index in [4.69, 9.17) is 0 Å². The zero-order valence-corrected chi connectivity index (χ0v) is 14.4. The van der Waals surface area contributed by atoms with Crippen LogP contribution in [0.5, 0.6) is 0 Å². The first-order valence-electron chi connectivity index (χ1n) is 7.31. The van der Waals surface area contributed by atoms with Crippen LogP contribution in [0, 0.1) is 25.2 Å². The molecule has 0 aromatic carbocycles. The minimum Gasteiger partial charge on any atom is -0.317 e. The van der Waals surface area contributed by atoms with Crippen LogP contribution in [0.1, 0.15) is 56.1 Å². The molecule has 0 aliphatic rings. The molecular formula is C16H30N2S. The van der Waals surface area contributed by atoms with Crippen molar-refractivity contribution in [3.05, 3.63) is 15.6 Å². The minimum absolute atomic E-state index is 0.423. The molecule has 0 radical (unpaired) electrons. The maximum absolute atomic E-state index is 4.66. The van der Waals surface area contributed by atoms with Gasteiger partial charge >= 0.3 is 0 Å². The van der Waals surface area contributed by atoms with Gasteiger partial charge < -0.3 is 5.32 Å². The maximum atomic E-state index is 4.66. The predicted molar refractivity (Wildman–Crippen MR) is 86.0 cm³/mol. The Morgan fingerprint density at radius 2 is 1.89 bits per heavy atom. The monoisotopic (exact) mass is 282 g/mol. The molecule has 0 aliphatic carbocycles. The highest BCUT2D eigenvalue weighted by Gasteiger charge is 2.19. The first-order valence-corrected chi connectivity index (χ1v) is 8.13. The van der Waals surface area contributed by atoms with Gasteiger partial charge in [-0.15, -0.1) is 11.3 Å². The van der Waals surface area contributed by atoms with Crippen molar-refractivity contribution < 1.29 is 0 Å². The molecule has 2 unspecified atom stereocenters. The summed E-state index contributed by atoms with van der Waals surface area (Å²) in [4.78, 5) is 6.01. The Morgan fingerprint density at radius 1 is 1.26 bits per heavy atom. The Kier molecular flexibility index (Phi) is 6.00. The summed E-state index contributed by atoms with van der Waals surface area (Å²) in [5.41, 5.74) is 1.61. The van der Waals surface area contributed by atoms with Crippen LogP contribution in [0.25, 0.3) is 0 Å². The van der Waals surface area contributed by atoms with E-state index in [2.05, 4.69) is 58.9 Å². The van der Waals surface area contributed by atoms with E-state index in [1.807, 2.05) is 11.3 Å². The lowest BCUT2D eigenvalue weighted by molar-refractivity contribution is 0.277. The predicted octanol–water partition coefficient (Wildman–Crippen LogP) is 4.35. The van der Waals surface area contributed by atoms with Gasteiger partial charge in [0.25, 0.3) is 0 Å². The van der Waals surface area contributed by atoms with E-state index in [0.717, 1.165) is 12.3 Å². The molecule has 0 amide bonds. The Labute approximate surface area is 123 Å². The van der Waals surface area contributed by atoms with Gasteiger partial charge in [-0.25, -0.2) is 4.98 Å². The van der Waals surface area contributed by atoms with E-state index < -0.39 is 0 Å². The molecule has 19 heavy (non-hydrogen) atoms. The van der Waals surface area contributed by atoms with Crippen molar-refractivity contribution in [3.63, 3.8) is 0 Å². The summed E-state index contributed by atoms with van der Waals surface area (Å²) in [6.45, 7) is 13.6. The van der Waals surface area contributed by atoms with Crippen molar-refractivity contribution >= 4 is 11.3 Å². The van der Waals surface area contributed by atoms with Gasteiger partial charge in [0.05, 0.1) is 10.7 Å². The van der Waals surface area contributed by atoms with Crippen LogP contribution >= 0.6 is 11.3 Å². The van der Waals surface area contributed by atoms with Gasteiger partial charge in [-0.05, 0) is 45.1 Å². The molecule has 0 saturated heterocycles. The molecule has 0 saturated carbocycles. The molecule has 0 aliphatic heterocycles. The number of aryl methyl sites for hydroxylation is 2. The molecule has 2 atom stereocenters. The molecule has 1 aromatic heterocycles. The van der Waals surface area contributed by atoms with Crippen LogP contribution < -0.4 is 5.32 Å². The lowest BCUT2D eigenvalue weighted by atomic mass is 9.82. The Bertz CT molecular complexity index is 370. The van der Waals surface area contributed by atoms with Crippen LogP contribution in [0.3, 0.4) is 0 Å². The van der Waals surface area contributed by atoms with Crippen LogP contribution in [0.15, 0.2) is 0 Å². The minimum atomic E-state index is 0.423. The fourth-order valence-electron chi connectivity index (χ4n) is 2.75. The van der Waals surface area contributed by atoms with Gasteiger partial charge in [-0.2, -0.15) is 0 Å². The Balaban J connectivity index is 2.54. The number of hydrogen-bond acceptors (Lipinski definition) is 3. The normalized spacial score (nSPS) is 15.5. The molecule has 3 heteroatoms. The molecule has 1 N–H and O–H groups in total. The standard InChI is InChI=1S/C16H30N2S/c1-11(10-16(4,5)6)8-14(17-7)9-15-18-12(2)13(3)19-15/h11,14,17H,8-10H2,1-7H3. The second-order valence-corrected chi connectivity index (χ2v) is 8.33. The third-order valence-electron chi connectivity index (χ3n) is 3.55. The van der Waals surface area contributed by atoms with Gasteiger partial charge in [0.2, 0.25) is 0 Å². The average Bonchev–Trinajstić information content (AvgIpc) is 2.54. The highest BCUT2D eigenvalue weighted by atomic mass is 32.1. The van der Waals surface area contributed by atoms with Gasteiger partial charge in [0, 0.05) is 17.3 Å². The largest absolute Gasteiger partial charge is 0.317 e. The van der Waals surface area contributed by atoms with Gasteiger partial charge in [0.15, 0.2) is 0 Å². The van der Waals surface area contributed by atoms with Crippen molar-refractivity contribution in [1.82, 2.24) is 10.3 Å². The molecular weight excluding hydrogens is 252 g/mol. The van der Waals surface area contributed by atoms with Crippen molar-refractivity contribution in [2.24, 2.45) is 11.3 Å². The number of thiazole rings is 1. The highest BCUT2D eigenvalue weighted by Crippen LogP contribution is 2.27. The van der Waals surface area contributed by atoms with Crippen molar-refractivity contribution in [3.8, 4) is 0 Å². The summed E-state index contributed by atoms with van der Waals surface area (Å²) >= 11 is 1.85. The van der Waals surface area contributed by atoms with Crippen LogP contribution in [-0.2, 0) is 6.42 Å². The maximum Gasteiger partial charge on any atom is 0.0946 e. The Hall–Kier alpha value is -0.410. The summed E-state index contributed by atoms with van der Waals surface area (Å²) in [7, 11) is 2.07. The summed E-state index contributed by atoms with van der Waals surface area (Å²) < 4.78 is 0. The lowest BCUT2D eigenvalue weighted by Gasteiger charge is -2.26. The van der Waals surface area contributed by atoms with Crippen molar-refractivity contribution in [2.45, 2.75) is 66.8 Å². The van der Waals surface area contributed by atoms with E-state index in [0.29, 0.717) is 11.5 Å². The summed E-state index contributed by atoms with van der Waals surface area (Å²) in [5.74, 6) is 0.750. The second kappa shape index (κ2) is 6.85. The van der Waals surface area contributed by atoms with Crippen LogP contribution in [-0.4, -0.2) is 18.1 Å². The molecule has 2 nitrogen and oxygen atoms in total. The summed E-state index contributed by atoms with van der Waals surface area (Å²) in [5, 5.41) is 4.74.